The zero-order valence-corrected chi connectivity index (χ0v) is 22.5. The SMILES string of the molecule is Cc1ccc(C(=O)N2CCC(c3ccc(C#N)cc3)CC2)cc1NS(=O)(=O)c1ccccc1C(=O)N(C)C. The van der Waals surface area contributed by atoms with Gasteiger partial charge >= 0.3 is 0 Å². The number of hydrogen-bond donors (Lipinski definition) is 1. The van der Waals surface area contributed by atoms with Crippen LogP contribution in [0.4, 0.5) is 5.69 Å². The van der Waals surface area contributed by atoms with E-state index in [9.17, 15) is 18.0 Å². The first-order valence-corrected chi connectivity index (χ1v) is 13.8. The molecule has 9 heteroatoms. The van der Waals surface area contributed by atoms with Crippen LogP contribution in [-0.4, -0.2) is 57.2 Å². The van der Waals surface area contributed by atoms with E-state index < -0.39 is 15.9 Å². The first kappa shape index (κ1) is 26.9. The van der Waals surface area contributed by atoms with E-state index in [1.54, 1.807) is 56.3 Å². The molecule has 1 saturated heterocycles. The molecule has 4 rings (SSSR count). The molecule has 1 fully saturated rings. The summed E-state index contributed by atoms with van der Waals surface area (Å²) in [5, 5.41) is 9.01. The number of rotatable bonds is 6. The summed E-state index contributed by atoms with van der Waals surface area (Å²) in [6.07, 6.45) is 1.61. The smallest absolute Gasteiger partial charge is 0.262 e. The molecule has 0 radical (unpaired) electrons. The molecule has 3 aromatic carbocycles. The molecule has 38 heavy (non-hydrogen) atoms. The third kappa shape index (κ3) is 5.71. The molecule has 0 atom stereocenters. The zero-order chi connectivity index (χ0) is 27.4. The third-order valence-corrected chi connectivity index (χ3v) is 8.26. The van der Waals surface area contributed by atoms with Crippen molar-refractivity contribution in [2.24, 2.45) is 0 Å². The summed E-state index contributed by atoms with van der Waals surface area (Å²) in [4.78, 5) is 28.9. The Morgan fingerprint density at radius 1 is 1.00 bits per heavy atom. The first-order valence-electron chi connectivity index (χ1n) is 12.3. The summed E-state index contributed by atoms with van der Waals surface area (Å²) in [6.45, 7) is 2.92. The van der Waals surface area contributed by atoms with Crippen LogP contribution in [0, 0.1) is 18.3 Å². The molecule has 1 aliphatic heterocycles. The van der Waals surface area contributed by atoms with E-state index in [2.05, 4.69) is 10.8 Å². The maximum atomic E-state index is 13.3. The highest BCUT2D eigenvalue weighted by atomic mass is 32.2. The number of benzene rings is 3. The van der Waals surface area contributed by atoms with Crippen LogP contribution in [0.15, 0.2) is 71.6 Å². The highest BCUT2D eigenvalue weighted by Gasteiger charge is 2.27. The number of nitrogens with one attached hydrogen (secondary N) is 1. The van der Waals surface area contributed by atoms with Crippen LogP contribution in [0.5, 0.6) is 0 Å². The number of hydrogen-bond acceptors (Lipinski definition) is 5. The standard InChI is InChI=1S/C29H30N4O4S/c1-20-8-11-24(28(34)33-16-14-23(15-17-33)22-12-9-21(19-30)10-13-22)18-26(20)31-38(36,37)27-7-5-4-6-25(27)29(35)32(2)3/h4-13,18,23,31H,14-17H2,1-3H3. The maximum Gasteiger partial charge on any atom is 0.262 e. The van der Waals surface area contributed by atoms with Gasteiger partial charge in [0.15, 0.2) is 0 Å². The van der Waals surface area contributed by atoms with Crippen LogP contribution in [0.3, 0.4) is 0 Å². The molecule has 0 unspecified atom stereocenters. The number of aryl methyl sites for hydroxylation is 1. The van der Waals surface area contributed by atoms with Gasteiger partial charge in [0.25, 0.3) is 21.8 Å². The highest BCUT2D eigenvalue weighted by molar-refractivity contribution is 7.92. The van der Waals surface area contributed by atoms with E-state index >= 15 is 0 Å². The molecule has 1 heterocycles. The van der Waals surface area contributed by atoms with Crippen molar-refractivity contribution in [2.75, 3.05) is 31.9 Å². The van der Waals surface area contributed by atoms with Crippen LogP contribution in [0.25, 0.3) is 0 Å². The summed E-state index contributed by atoms with van der Waals surface area (Å²) in [6, 6.07) is 20.7. The number of anilines is 1. The van der Waals surface area contributed by atoms with E-state index in [-0.39, 0.29) is 22.1 Å². The highest BCUT2D eigenvalue weighted by Crippen LogP contribution is 2.30. The van der Waals surface area contributed by atoms with Gasteiger partial charge in [-0.1, -0.05) is 30.3 Å². The van der Waals surface area contributed by atoms with Crippen molar-refractivity contribution in [3.63, 3.8) is 0 Å². The van der Waals surface area contributed by atoms with E-state index in [1.165, 1.54) is 17.0 Å². The second kappa shape index (κ2) is 11.1. The van der Waals surface area contributed by atoms with Crippen LogP contribution < -0.4 is 4.72 Å². The zero-order valence-electron chi connectivity index (χ0n) is 21.6. The van der Waals surface area contributed by atoms with Crippen LogP contribution in [0.1, 0.15) is 56.2 Å². The fourth-order valence-corrected chi connectivity index (χ4v) is 5.93. The topological polar surface area (TPSA) is 111 Å². The number of nitriles is 1. The van der Waals surface area contributed by atoms with Gasteiger partial charge in [-0.15, -0.1) is 0 Å². The lowest BCUT2D eigenvalue weighted by atomic mass is 9.89. The van der Waals surface area contributed by atoms with Gasteiger partial charge < -0.3 is 9.80 Å². The minimum absolute atomic E-state index is 0.0695. The summed E-state index contributed by atoms with van der Waals surface area (Å²) < 4.78 is 29.2. The van der Waals surface area contributed by atoms with Crippen molar-refractivity contribution in [3.8, 4) is 6.07 Å². The van der Waals surface area contributed by atoms with Crippen LogP contribution in [-0.2, 0) is 10.0 Å². The molecule has 0 aromatic heterocycles. The molecule has 1 N–H and O–H groups in total. The average molecular weight is 531 g/mol. The lowest BCUT2D eigenvalue weighted by molar-refractivity contribution is 0.0712. The molecule has 1 aliphatic rings. The Balaban J connectivity index is 1.50. The summed E-state index contributed by atoms with van der Waals surface area (Å²) in [5.74, 6) is -0.264. The molecule has 0 bridgehead atoms. The van der Waals surface area contributed by atoms with Gasteiger partial charge in [-0.2, -0.15) is 5.26 Å². The molecule has 0 spiro atoms. The van der Waals surface area contributed by atoms with Crippen molar-refractivity contribution in [2.45, 2.75) is 30.6 Å². The van der Waals surface area contributed by atoms with E-state index in [0.29, 0.717) is 35.7 Å². The monoisotopic (exact) mass is 530 g/mol. The molecule has 3 aromatic rings. The van der Waals surface area contributed by atoms with Crippen LogP contribution in [0.2, 0.25) is 0 Å². The normalized spacial score (nSPS) is 14.0. The Morgan fingerprint density at radius 3 is 2.29 bits per heavy atom. The van der Waals surface area contributed by atoms with Crippen molar-refractivity contribution >= 4 is 27.5 Å². The van der Waals surface area contributed by atoms with Crippen molar-refractivity contribution < 1.29 is 18.0 Å². The van der Waals surface area contributed by atoms with Gasteiger partial charge in [0.05, 0.1) is 22.9 Å². The minimum atomic E-state index is -4.10. The fourth-order valence-electron chi connectivity index (χ4n) is 4.61. The van der Waals surface area contributed by atoms with Gasteiger partial charge in [-0.3, -0.25) is 14.3 Å². The first-order chi connectivity index (χ1) is 18.1. The largest absolute Gasteiger partial charge is 0.345 e. The number of nitrogens with zero attached hydrogens (tertiary/aromatic N) is 3. The van der Waals surface area contributed by atoms with E-state index in [4.69, 9.17) is 5.26 Å². The average Bonchev–Trinajstić information content (AvgIpc) is 2.93. The second-order valence-corrected chi connectivity index (χ2v) is 11.3. The van der Waals surface area contributed by atoms with Gasteiger partial charge in [-0.25, -0.2) is 8.42 Å². The van der Waals surface area contributed by atoms with Crippen molar-refractivity contribution in [1.82, 2.24) is 9.80 Å². The Morgan fingerprint density at radius 2 is 1.66 bits per heavy atom. The third-order valence-electron chi connectivity index (χ3n) is 6.84. The number of sulfonamides is 1. The summed E-state index contributed by atoms with van der Waals surface area (Å²) >= 11 is 0. The van der Waals surface area contributed by atoms with Crippen molar-refractivity contribution in [3.05, 3.63) is 94.5 Å². The fraction of sp³-hybridized carbons (Fsp3) is 0.276. The van der Waals surface area contributed by atoms with Gasteiger partial charge in [0.2, 0.25) is 0 Å². The second-order valence-electron chi connectivity index (χ2n) is 9.63. The predicted molar refractivity (Wildman–Crippen MR) is 145 cm³/mol. The minimum Gasteiger partial charge on any atom is -0.345 e. The summed E-state index contributed by atoms with van der Waals surface area (Å²) in [7, 11) is -0.976. The number of carbonyl (C=O) groups is 2. The number of likely N-dealkylation sites (tertiary alicyclic amines) is 1. The van der Waals surface area contributed by atoms with E-state index in [0.717, 1.165) is 18.4 Å². The Kier molecular flexibility index (Phi) is 7.83. The number of carbonyl (C=O) groups excluding carboxylic acids is 2. The molecular formula is C29H30N4O4S. The van der Waals surface area contributed by atoms with Gasteiger partial charge in [0, 0.05) is 32.7 Å². The molecule has 0 saturated carbocycles. The molecule has 0 aliphatic carbocycles. The predicted octanol–water partition coefficient (Wildman–Crippen LogP) is 4.39. The van der Waals surface area contributed by atoms with Gasteiger partial charge in [-0.05, 0) is 73.2 Å². The molecular weight excluding hydrogens is 500 g/mol. The van der Waals surface area contributed by atoms with Gasteiger partial charge in [0.1, 0.15) is 4.90 Å². The Hall–Kier alpha value is -4.16. The lowest BCUT2D eigenvalue weighted by Crippen LogP contribution is -2.38. The molecule has 2 amide bonds. The van der Waals surface area contributed by atoms with Crippen molar-refractivity contribution in [1.29, 1.82) is 5.26 Å². The Labute approximate surface area is 223 Å². The maximum absolute atomic E-state index is 13.3. The van der Waals surface area contributed by atoms with Crippen LogP contribution >= 0.6 is 0 Å². The quantitative estimate of drug-likeness (QED) is 0.508. The Bertz CT molecular complexity index is 1500. The number of piperidine rings is 1. The van der Waals surface area contributed by atoms with E-state index in [1.807, 2.05) is 24.3 Å². The molecule has 196 valence electrons. The lowest BCUT2D eigenvalue weighted by Gasteiger charge is -2.32. The molecule has 8 nitrogen and oxygen atoms in total. The summed E-state index contributed by atoms with van der Waals surface area (Å²) in [5.41, 5.74) is 3.19. The number of amides is 2.